The van der Waals surface area contributed by atoms with Gasteiger partial charge in [-0.15, -0.1) is 0 Å². The Morgan fingerprint density at radius 3 is 2.04 bits per heavy atom. The summed E-state index contributed by atoms with van der Waals surface area (Å²) in [5.74, 6) is 0.500. The third-order valence-electron chi connectivity index (χ3n) is 3.99. The van der Waals surface area contributed by atoms with Crippen molar-refractivity contribution in [3.05, 3.63) is 47.5 Å². The molecule has 0 aliphatic heterocycles. The molecule has 2 rings (SSSR count). The molecule has 2 aromatic rings. The third-order valence-corrected chi connectivity index (χ3v) is 3.99. The normalized spacial score (nSPS) is 11.8. The first-order valence-electron chi connectivity index (χ1n) is 7.82. The van der Waals surface area contributed by atoms with E-state index < -0.39 is 12.0 Å². The molecule has 0 unspecified atom stereocenters. The lowest BCUT2D eigenvalue weighted by Crippen LogP contribution is -2.32. The van der Waals surface area contributed by atoms with Crippen molar-refractivity contribution in [1.29, 1.82) is 0 Å². The molecule has 3 N–H and O–H groups in total. The zero-order valence-corrected chi connectivity index (χ0v) is 14.2. The van der Waals surface area contributed by atoms with Gasteiger partial charge >= 0.3 is 5.97 Å². The van der Waals surface area contributed by atoms with Crippen molar-refractivity contribution in [1.82, 2.24) is 0 Å². The first kappa shape index (κ1) is 17.8. The molecule has 1 atom stereocenters. The Balaban J connectivity index is 2.39. The van der Waals surface area contributed by atoms with Crippen LogP contribution < -0.4 is 15.2 Å². The highest BCUT2D eigenvalue weighted by Gasteiger charge is 2.16. The molecular formula is C19H23NO4. The van der Waals surface area contributed by atoms with E-state index in [9.17, 15) is 4.79 Å². The van der Waals surface area contributed by atoms with Gasteiger partial charge in [0.2, 0.25) is 0 Å². The van der Waals surface area contributed by atoms with Crippen LogP contribution >= 0.6 is 0 Å². The average Bonchev–Trinajstić information content (AvgIpc) is 2.61. The maximum Gasteiger partial charge on any atom is 0.320 e. The van der Waals surface area contributed by atoms with Gasteiger partial charge in [0.05, 0.1) is 19.8 Å². The van der Waals surface area contributed by atoms with E-state index in [1.54, 1.807) is 14.2 Å². The lowest BCUT2D eigenvalue weighted by Gasteiger charge is -2.16. The van der Waals surface area contributed by atoms with Gasteiger partial charge in [-0.2, -0.15) is 0 Å². The van der Waals surface area contributed by atoms with Crippen LogP contribution in [0.25, 0.3) is 11.1 Å². The Morgan fingerprint density at radius 1 is 1.08 bits per heavy atom. The van der Waals surface area contributed by atoms with Crippen molar-refractivity contribution >= 4 is 5.97 Å². The molecule has 0 aliphatic carbocycles. The van der Waals surface area contributed by atoms with Gasteiger partial charge in [0.25, 0.3) is 0 Å². The summed E-state index contributed by atoms with van der Waals surface area (Å²) in [6, 6.07) is 10.7. The van der Waals surface area contributed by atoms with Crippen LogP contribution in [0.1, 0.15) is 18.1 Å². The molecule has 0 bridgehead atoms. The second-order valence-electron chi connectivity index (χ2n) is 5.57. The number of aliphatic carboxylic acids is 1. The maximum atomic E-state index is 10.9. The van der Waals surface area contributed by atoms with Crippen molar-refractivity contribution in [2.24, 2.45) is 5.73 Å². The molecular weight excluding hydrogens is 306 g/mol. The van der Waals surface area contributed by atoms with Crippen molar-refractivity contribution in [3.63, 3.8) is 0 Å². The zero-order valence-electron chi connectivity index (χ0n) is 14.2. The number of carbonyl (C=O) groups is 1. The number of ether oxygens (including phenoxy) is 2. The van der Waals surface area contributed by atoms with Crippen molar-refractivity contribution in [3.8, 4) is 22.6 Å². The molecule has 0 aromatic heterocycles. The van der Waals surface area contributed by atoms with E-state index in [4.69, 9.17) is 20.3 Å². The van der Waals surface area contributed by atoms with Crippen molar-refractivity contribution < 1.29 is 19.4 Å². The second-order valence-corrected chi connectivity index (χ2v) is 5.57. The fraction of sp³-hybridized carbons (Fsp3) is 0.316. The summed E-state index contributed by atoms with van der Waals surface area (Å²) >= 11 is 0. The number of nitrogens with two attached hydrogens (primary N) is 1. The lowest BCUT2D eigenvalue weighted by molar-refractivity contribution is -0.138. The first-order valence-corrected chi connectivity index (χ1v) is 7.82. The van der Waals surface area contributed by atoms with E-state index in [2.05, 4.69) is 6.92 Å². The quantitative estimate of drug-likeness (QED) is 0.816. The number of hydrogen-bond acceptors (Lipinski definition) is 4. The fourth-order valence-electron chi connectivity index (χ4n) is 2.60. The molecule has 5 nitrogen and oxygen atoms in total. The number of rotatable bonds is 7. The Morgan fingerprint density at radius 2 is 1.62 bits per heavy atom. The van der Waals surface area contributed by atoms with Crippen LogP contribution in [0, 0.1) is 0 Å². The van der Waals surface area contributed by atoms with E-state index in [0.717, 1.165) is 40.2 Å². The topological polar surface area (TPSA) is 81.8 Å². The number of aryl methyl sites for hydroxylation is 1. The molecule has 0 radical (unpaired) electrons. The molecule has 0 saturated heterocycles. The predicted molar refractivity (Wildman–Crippen MR) is 93.7 cm³/mol. The second kappa shape index (κ2) is 7.84. The van der Waals surface area contributed by atoms with Gasteiger partial charge in [0.1, 0.15) is 17.5 Å². The summed E-state index contributed by atoms with van der Waals surface area (Å²) in [4.78, 5) is 10.9. The van der Waals surface area contributed by atoms with E-state index in [-0.39, 0.29) is 0 Å². The minimum atomic E-state index is -1.00. The van der Waals surface area contributed by atoms with Crippen LogP contribution in [-0.4, -0.2) is 31.3 Å². The highest BCUT2D eigenvalue weighted by Crippen LogP contribution is 2.39. The minimum Gasteiger partial charge on any atom is -0.496 e. The zero-order chi connectivity index (χ0) is 17.7. The SMILES string of the molecule is CCc1cc(OC)c(-c2ccc(C[C@H](N)C(=O)O)cc2)c(OC)c1. The average molecular weight is 329 g/mol. The molecule has 2 aromatic carbocycles. The summed E-state index contributed by atoms with van der Waals surface area (Å²) in [6.45, 7) is 2.08. The molecule has 0 spiro atoms. The predicted octanol–water partition coefficient (Wildman–Crippen LogP) is 2.89. The highest BCUT2D eigenvalue weighted by atomic mass is 16.5. The highest BCUT2D eigenvalue weighted by molar-refractivity contribution is 5.78. The van der Waals surface area contributed by atoms with Gasteiger partial charge in [-0.25, -0.2) is 0 Å². The summed E-state index contributed by atoms with van der Waals surface area (Å²) in [7, 11) is 3.27. The minimum absolute atomic E-state index is 0.290. The molecule has 0 aliphatic rings. The van der Waals surface area contributed by atoms with Gasteiger partial charge in [-0.3, -0.25) is 4.79 Å². The van der Waals surface area contributed by atoms with Gasteiger partial charge in [0.15, 0.2) is 0 Å². The largest absolute Gasteiger partial charge is 0.496 e. The number of methoxy groups -OCH3 is 2. The number of benzene rings is 2. The Hall–Kier alpha value is -2.53. The van der Waals surface area contributed by atoms with E-state index >= 15 is 0 Å². The van der Waals surface area contributed by atoms with Crippen molar-refractivity contribution in [2.75, 3.05) is 14.2 Å². The molecule has 0 amide bonds. The molecule has 0 fully saturated rings. The van der Waals surface area contributed by atoms with Gasteiger partial charge in [-0.1, -0.05) is 31.2 Å². The standard InChI is InChI=1S/C19H23NO4/c1-4-12-10-16(23-2)18(17(11-12)24-3)14-7-5-13(6-8-14)9-15(20)19(21)22/h5-8,10-11,15H,4,9,20H2,1-3H3,(H,21,22)/t15-/m0/s1. The Bertz CT molecular complexity index is 685. The van der Waals surface area contributed by atoms with Gasteiger partial charge in [0, 0.05) is 0 Å². The Labute approximate surface area is 142 Å². The van der Waals surface area contributed by atoms with Crippen LogP contribution in [0.15, 0.2) is 36.4 Å². The molecule has 5 heteroatoms. The monoisotopic (exact) mass is 329 g/mol. The first-order chi connectivity index (χ1) is 11.5. The van der Waals surface area contributed by atoms with Crippen LogP contribution in [-0.2, 0) is 17.6 Å². The third kappa shape index (κ3) is 3.86. The number of hydrogen-bond donors (Lipinski definition) is 2. The van der Waals surface area contributed by atoms with Crippen molar-refractivity contribution in [2.45, 2.75) is 25.8 Å². The van der Waals surface area contributed by atoms with Gasteiger partial charge < -0.3 is 20.3 Å². The summed E-state index contributed by atoms with van der Waals surface area (Å²) in [6.07, 6.45) is 1.18. The fourth-order valence-corrected chi connectivity index (χ4v) is 2.60. The Kier molecular flexibility index (Phi) is 5.82. The maximum absolute atomic E-state index is 10.9. The smallest absolute Gasteiger partial charge is 0.320 e. The van der Waals surface area contributed by atoms with E-state index in [1.807, 2.05) is 36.4 Å². The van der Waals surface area contributed by atoms with Crippen LogP contribution in [0.5, 0.6) is 11.5 Å². The summed E-state index contributed by atoms with van der Waals surface area (Å²) in [5.41, 5.74) is 9.41. The molecule has 24 heavy (non-hydrogen) atoms. The van der Waals surface area contributed by atoms with E-state index in [0.29, 0.717) is 6.42 Å². The molecule has 128 valence electrons. The summed E-state index contributed by atoms with van der Waals surface area (Å²) < 4.78 is 11.1. The van der Waals surface area contributed by atoms with Gasteiger partial charge in [-0.05, 0) is 41.7 Å². The lowest BCUT2D eigenvalue weighted by atomic mass is 9.97. The molecule has 0 heterocycles. The van der Waals surface area contributed by atoms with Crippen LogP contribution in [0.4, 0.5) is 0 Å². The number of carboxylic acids is 1. The summed E-state index contributed by atoms with van der Waals surface area (Å²) in [5, 5.41) is 8.90. The van der Waals surface area contributed by atoms with Crippen LogP contribution in [0.2, 0.25) is 0 Å². The number of carboxylic acid groups (broad SMARTS) is 1. The van der Waals surface area contributed by atoms with Crippen LogP contribution in [0.3, 0.4) is 0 Å². The van der Waals surface area contributed by atoms with E-state index in [1.165, 1.54) is 0 Å². The molecule has 0 saturated carbocycles.